The Labute approximate surface area is 114 Å². The van der Waals surface area contributed by atoms with Gasteiger partial charge in [0.25, 0.3) is 0 Å². The average Bonchev–Trinajstić information content (AvgIpc) is 2.70. The van der Waals surface area contributed by atoms with Crippen LogP contribution >= 0.6 is 15.9 Å². The number of carboxylic acids is 1. The third-order valence-corrected chi connectivity index (χ3v) is 3.12. The normalized spacial score (nSPS) is 11.6. The molecule has 0 atom stereocenters. The maximum atomic E-state index is 12.9. The highest BCUT2D eigenvalue weighted by molar-refractivity contribution is 9.10. The van der Waals surface area contributed by atoms with Crippen LogP contribution in [0.5, 0.6) is 0 Å². The maximum Gasteiger partial charge on any atom is 0.418 e. The zero-order chi connectivity index (χ0) is 14.2. The molecule has 1 aromatic carbocycles. The van der Waals surface area contributed by atoms with Crippen LogP contribution in [0.25, 0.3) is 5.69 Å². The summed E-state index contributed by atoms with van der Waals surface area (Å²) < 4.78 is 40.0. The largest absolute Gasteiger partial charge is 0.477 e. The zero-order valence-electron chi connectivity index (χ0n) is 9.28. The summed E-state index contributed by atoms with van der Waals surface area (Å²) in [6.45, 7) is 0. The SMILES string of the molecule is O=C(O)c1ccc(Br)n1-c1ccccc1C(F)(F)F. The van der Waals surface area contributed by atoms with E-state index in [1.807, 2.05) is 0 Å². The van der Waals surface area contributed by atoms with Crippen LogP contribution in [0.2, 0.25) is 0 Å². The molecule has 0 fully saturated rings. The van der Waals surface area contributed by atoms with E-state index in [4.69, 9.17) is 5.11 Å². The van der Waals surface area contributed by atoms with E-state index in [1.165, 1.54) is 30.3 Å². The van der Waals surface area contributed by atoms with Crippen LogP contribution in [0.4, 0.5) is 13.2 Å². The number of hydrogen-bond donors (Lipinski definition) is 1. The molecule has 0 radical (unpaired) electrons. The Bertz CT molecular complexity index is 634. The summed E-state index contributed by atoms with van der Waals surface area (Å²) >= 11 is 3.06. The molecule has 0 saturated carbocycles. The van der Waals surface area contributed by atoms with E-state index >= 15 is 0 Å². The molecule has 2 aromatic rings. The van der Waals surface area contributed by atoms with E-state index < -0.39 is 17.7 Å². The van der Waals surface area contributed by atoms with Crippen molar-refractivity contribution in [1.82, 2.24) is 4.57 Å². The molecule has 0 aliphatic rings. The molecule has 0 unspecified atom stereocenters. The third kappa shape index (κ3) is 2.51. The Kier molecular flexibility index (Phi) is 3.40. The van der Waals surface area contributed by atoms with Gasteiger partial charge in [0, 0.05) is 0 Å². The molecular formula is C12H7BrF3NO2. The highest BCUT2D eigenvalue weighted by Gasteiger charge is 2.34. The van der Waals surface area contributed by atoms with Gasteiger partial charge in [-0.3, -0.25) is 4.57 Å². The predicted octanol–water partition coefficient (Wildman–Crippen LogP) is 3.96. The number of halogens is 4. The molecule has 0 aliphatic carbocycles. The van der Waals surface area contributed by atoms with Gasteiger partial charge in [0.1, 0.15) is 5.69 Å². The van der Waals surface area contributed by atoms with Crippen molar-refractivity contribution >= 4 is 21.9 Å². The van der Waals surface area contributed by atoms with Crippen molar-refractivity contribution < 1.29 is 23.1 Å². The number of benzene rings is 1. The lowest BCUT2D eigenvalue weighted by Crippen LogP contribution is -2.14. The first-order chi connectivity index (χ1) is 8.82. The van der Waals surface area contributed by atoms with Crippen molar-refractivity contribution in [3.63, 3.8) is 0 Å². The first-order valence-corrected chi connectivity index (χ1v) is 5.89. The summed E-state index contributed by atoms with van der Waals surface area (Å²) in [4.78, 5) is 11.0. The molecule has 0 saturated heterocycles. The van der Waals surface area contributed by atoms with Gasteiger partial charge in [-0.2, -0.15) is 13.2 Å². The Morgan fingerprint density at radius 1 is 1.16 bits per heavy atom. The monoisotopic (exact) mass is 333 g/mol. The van der Waals surface area contributed by atoms with Gasteiger partial charge in [0.2, 0.25) is 0 Å². The lowest BCUT2D eigenvalue weighted by Gasteiger charge is -2.15. The number of carbonyl (C=O) groups is 1. The van der Waals surface area contributed by atoms with Crippen molar-refractivity contribution in [2.45, 2.75) is 6.18 Å². The van der Waals surface area contributed by atoms with Crippen molar-refractivity contribution in [1.29, 1.82) is 0 Å². The number of carboxylic acid groups (broad SMARTS) is 1. The fourth-order valence-corrected chi connectivity index (χ4v) is 2.25. The van der Waals surface area contributed by atoms with Crippen molar-refractivity contribution in [3.05, 3.63) is 52.3 Å². The first kappa shape index (κ1) is 13.7. The summed E-state index contributed by atoms with van der Waals surface area (Å²) in [5.41, 5.74) is -1.37. The smallest absolute Gasteiger partial charge is 0.418 e. The van der Waals surface area contributed by atoms with Crippen LogP contribution in [0.1, 0.15) is 16.1 Å². The molecule has 100 valence electrons. The Hall–Kier alpha value is -1.76. The molecular weight excluding hydrogens is 327 g/mol. The topological polar surface area (TPSA) is 42.2 Å². The molecule has 1 N–H and O–H groups in total. The summed E-state index contributed by atoms with van der Waals surface area (Å²) in [7, 11) is 0. The fraction of sp³-hybridized carbons (Fsp3) is 0.0833. The first-order valence-electron chi connectivity index (χ1n) is 5.09. The summed E-state index contributed by atoms with van der Waals surface area (Å²) in [6, 6.07) is 7.43. The van der Waals surface area contributed by atoms with E-state index in [1.54, 1.807) is 0 Å². The minimum atomic E-state index is -4.56. The van der Waals surface area contributed by atoms with Gasteiger partial charge in [0.05, 0.1) is 15.9 Å². The minimum Gasteiger partial charge on any atom is -0.477 e. The number of para-hydroxylation sites is 1. The third-order valence-electron chi connectivity index (χ3n) is 2.50. The van der Waals surface area contributed by atoms with Crippen LogP contribution in [-0.4, -0.2) is 15.6 Å². The Morgan fingerprint density at radius 2 is 1.79 bits per heavy atom. The second kappa shape index (κ2) is 4.73. The number of hydrogen-bond acceptors (Lipinski definition) is 1. The molecule has 1 heterocycles. The van der Waals surface area contributed by atoms with Crippen molar-refractivity contribution in [2.75, 3.05) is 0 Å². The predicted molar refractivity (Wildman–Crippen MR) is 65.4 cm³/mol. The summed E-state index contributed by atoms with van der Waals surface area (Å²) in [5, 5.41) is 9.01. The zero-order valence-corrected chi connectivity index (χ0v) is 10.9. The highest BCUT2D eigenvalue weighted by Crippen LogP contribution is 2.35. The van der Waals surface area contributed by atoms with Gasteiger partial charge < -0.3 is 5.11 Å². The lowest BCUT2D eigenvalue weighted by molar-refractivity contribution is -0.137. The van der Waals surface area contributed by atoms with E-state index in [0.717, 1.165) is 10.6 Å². The van der Waals surface area contributed by atoms with Crippen LogP contribution in [-0.2, 0) is 6.18 Å². The lowest BCUT2D eigenvalue weighted by atomic mass is 10.1. The number of aromatic carboxylic acids is 1. The second-order valence-corrected chi connectivity index (χ2v) is 4.51. The molecule has 3 nitrogen and oxygen atoms in total. The van der Waals surface area contributed by atoms with E-state index in [0.29, 0.717) is 0 Å². The molecule has 0 aliphatic heterocycles. The summed E-state index contributed by atoms with van der Waals surface area (Å²) in [5.74, 6) is -1.30. The van der Waals surface area contributed by atoms with Gasteiger partial charge in [-0.1, -0.05) is 12.1 Å². The van der Waals surface area contributed by atoms with Crippen molar-refractivity contribution in [3.8, 4) is 5.69 Å². The molecule has 19 heavy (non-hydrogen) atoms. The van der Waals surface area contributed by atoms with Crippen LogP contribution < -0.4 is 0 Å². The van der Waals surface area contributed by atoms with Gasteiger partial charge in [-0.05, 0) is 40.2 Å². The minimum absolute atomic E-state index is 0.232. The maximum absolute atomic E-state index is 12.9. The molecule has 0 bridgehead atoms. The van der Waals surface area contributed by atoms with Gasteiger partial charge >= 0.3 is 12.1 Å². The fourth-order valence-electron chi connectivity index (χ4n) is 1.73. The quantitative estimate of drug-likeness (QED) is 0.903. The van der Waals surface area contributed by atoms with Gasteiger partial charge in [-0.25, -0.2) is 4.79 Å². The number of aromatic nitrogens is 1. The van der Waals surface area contributed by atoms with Crippen LogP contribution in [0, 0.1) is 0 Å². The van der Waals surface area contributed by atoms with Crippen LogP contribution in [0.15, 0.2) is 41.0 Å². The van der Waals surface area contributed by atoms with Crippen molar-refractivity contribution in [2.24, 2.45) is 0 Å². The van der Waals surface area contributed by atoms with E-state index in [-0.39, 0.29) is 16.0 Å². The van der Waals surface area contributed by atoms with Gasteiger partial charge in [0.15, 0.2) is 0 Å². The molecule has 0 amide bonds. The number of rotatable bonds is 2. The van der Waals surface area contributed by atoms with Crippen LogP contribution in [0.3, 0.4) is 0 Å². The number of nitrogens with zero attached hydrogens (tertiary/aromatic N) is 1. The molecule has 2 rings (SSSR count). The standard InChI is InChI=1S/C12H7BrF3NO2/c13-10-6-5-9(11(18)19)17(10)8-4-2-1-3-7(8)12(14,15)16/h1-6H,(H,18,19). The molecule has 0 spiro atoms. The van der Waals surface area contributed by atoms with Gasteiger partial charge in [-0.15, -0.1) is 0 Å². The second-order valence-electron chi connectivity index (χ2n) is 3.70. The summed E-state index contributed by atoms with van der Waals surface area (Å²) in [6.07, 6.45) is -4.56. The number of alkyl halides is 3. The van der Waals surface area contributed by atoms with E-state index in [2.05, 4.69) is 15.9 Å². The molecule has 1 aromatic heterocycles. The molecule has 7 heteroatoms. The Balaban J connectivity index is 2.73. The van der Waals surface area contributed by atoms with E-state index in [9.17, 15) is 18.0 Å². The average molecular weight is 334 g/mol. The Morgan fingerprint density at radius 3 is 2.37 bits per heavy atom. The highest BCUT2D eigenvalue weighted by atomic mass is 79.9.